The van der Waals surface area contributed by atoms with Gasteiger partial charge >= 0.3 is 6.03 Å². The van der Waals surface area contributed by atoms with E-state index >= 15 is 0 Å². The molecule has 2 aromatic rings. The summed E-state index contributed by atoms with van der Waals surface area (Å²) < 4.78 is 1.62. The molecule has 0 saturated carbocycles. The predicted octanol–water partition coefficient (Wildman–Crippen LogP) is -1.92. The third-order valence-electron chi connectivity index (χ3n) is 3.35. The van der Waals surface area contributed by atoms with Crippen molar-refractivity contribution in [2.75, 3.05) is 19.4 Å². The molecule has 0 fully saturated rings. The van der Waals surface area contributed by atoms with Crippen molar-refractivity contribution in [3.05, 3.63) is 53.9 Å². The van der Waals surface area contributed by atoms with E-state index in [0.717, 1.165) is 0 Å². The number of hydrazone groups is 1. The molecule has 138 valence electrons. The normalized spacial score (nSPS) is 10.1. The lowest BCUT2D eigenvalue weighted by molar-refractivity contribution is -0.672. The number of para-hydroxylation sites is 1. The minimum absolute atomic E-state index is 0. The summed E-state index contributed by atoms with van der Waals surface area (Å²) >= 11 is 0. The van der Waals surface area contributed by atoms with Gasteiger partial charge in [-0.1, -0.05) is 18.2 Å². The van der Waals surface area contributed by atoms with Gasteiger partial charge in [0.15, 0.2) is 11.8 Å². The van der Waals surface area contributed by atoms with E-state index in [-0.39, 0.29) is 29.6 Å². The number of aryl methyl sites for hydroxylation is 1. The van der Waals surface area contributed by atoms with Gasteiger partial charge in [-0.25, -0.2) is 10.2 Å². The molecule has 1 aromatic carbocycles. The van der Waals surface area contributed by atoms with Crippen LogP contribution in [0.2, 0.25) is 0 Å². The molecule has 3 amide bonds. The van der Waals surface area contributed by atoms with Crippen LogP contribution in [0.1, 0.15) is 16.1 Å². The van der Waals surface area contributed by atoms with Crippen molar-refractivity contribution < 1.29 is 31.7 Å². The maximum Gasteiger partial charge on any atom is 0.339 e. The van der Waals surface area contributed by atoms with Gasteiger partial charge in [0.1, 0.15) is 19.0 Å². The molecule has 0 spiro atoms. The van der Waals surface area contributed by atoms with Crippen molar-refractivity contribution in [3.63, 3.8) is 0 Å². The van der Waals surface area contributed by atoms with Crippen molar-refractivity contribution in [1.29, 1.82) is 0 Å². The van der Waals surface area contributed by atoms with Crippen LogP contribution in [-0.4, -0.2) is 42.3 Å². The Kier molecular flexibility index (Phi) is 7.54. The number of pyridine rings is 1. The van der Waals surface area contributed by atoms with Crippen molar-refractivity contribution in [1.82, 2.24) is 10.3 Å². The number of nitrogens with zero attached hydrogens (tertiary/aromatic N) is 3. The Morgan fingerprint density at radius 3 is 2.46 bits per heavy atom. The van der Waals surface area contributed by atoms with Crippen LogP contribution in [0, 0.1) is 0 Å². The lowest BCUT2D eigenvalue weighted by Crippen LogP contribution is -3.00. The van der Waals surface area contributed by atoms with Gasteiger partial charge in [-0.3, -0.25) is 4.79 Å². The molecule has 3 N–H and O–H groups in total. The first kappa shape index (κ1) is 20.9. The van der Waals surface area contributed by atoms with Gasteiger partial charge in [0.25, 0.3) is 5.91 Å². The molecule has 0 saturated heterocycles. The van der Waals surface area contributed by atoms with Gasteiger partial charge in [-0.15, -0.1) is 0 Å². The summed E-state index contributed by atoms with van der Waals surface area (Å²) in [6, 6.07) is 9.82. The molecule has 8 nitrogen and oxygen atoms in total. The first-order valence-corrected chi connectivity index (χ1v) is 7.48. The van der Waals surface area contributed by atoms with E-state index in [1.54, 1.807) is 56.2 Å². The Morgan fingerprint density at radius 1 is 1.19 bits per heavy atom. The van der Waals surface area contributed by atoms with Gasteiger partial charge in [0.05, 0.1) is 0 Å². The number of aromatic hydroxyl groups is 1. The summed E-state index contributed by atoms with van der Waals surface area (Å²) in [6.45, 7) is 0. The van der Waals surface area contributed by atoms with Crippen LogP contribution in [0.5, 0.6) is 5.75 Å². The van der Waals surface area contributed by atoms with Crippen molar-refractivity contribution in [3.8, 4) is 5.75 Å². The Bertz CT molecular complexity index is 810. The highest BCUT2D eigenvalue weighted by Gasteiger charge is 2.24. The van der Waals surface area contributed by atoms with Crippen LogP contribution in [-0.2, 0) is 7.05 Å². The smallest absolute Gasteiger partial charge is 0.339 e. The zero-order valence-electron chi connectivity index (χ0n) is 14.6. The molecule has 0 aliphatic heterocycles. The average Bonchev–Trinajstić information content (AvgIpc) is 2.58. The highest BCUT2D eigenvalue weighted by atomic mass is 35.5. The Balaban J connectivity index is 0.00000338. The zero-order chi connectivity index (χ0) is 18.4. The van der Waals surface area contributed by atoms with Crippen LogP contribution in [0.15, 0.2) is 47.7 Å². The number of carbonyl (C=O) groups is 2. The second-order valence-corrected chi connectivity index (χ2v) is 5.46. The molecular formula is C17H20ClN5O3. The fraction of sp³-hybridized carbons (Fsp3) is 0.176. The molecule has 0 aliphatic rings. The number of urea groups is 1. The maximum atomic E-state index is 12.3. The summed E-state index contributed by atoms with van der Waals surface area (Å²) in [6.07, 6.45) is 2.90. The van der Waals surface area contributed by atoms with Gasteiger partial charge in [0.2, 0.25) is 5.69 Å². The topological polar surface area (TPSA) is 97.9 Å². The zero-order valence-corrected chi connectivity index (χ0v) is 15.4. The monoisotopic (exact) mass is 377 g/mol. The summed E-state index contributed by atoms with van der Waals surface area (Å²) in [5.74, 6) is -0.532. The second-order valence-electron chi connectivity index (χ2n) is 5.46. The van der Waals surface area contributed by atoms with E-state index in [0.29, 0.717) is 11.4 Å². The molecule has 0 unspecified atom stereocenters. The number of rotatable bonds is 4. The summed E-state index contributed by atoms with van der Waals surface area (Å²) in [7, 11) is 4.87. The summed E-state index contributed by atoms with van der Waals surface area (Å²) in [5.41, 5.74) is 3.41. The Hall–Kier alpha value is -3.13. The predicted molar refractivity (Wildman–Crippen MR) is 93.5 cm³/mol. The Labute approximate surface area is 157 Å². The maximum absolute atomic E-state index is 12.3. The van der Waals surface area contributed by atoms with Crippen molar-refractivity contribution in [2.24, 2.45) is 12.1 Å². The number of hydrogen-bond donors (Lipinski definition) is 3. The number of carbonyl (C=O) groups excluding carboxylic acids is 2. The van der Waals surface area contributed by atoms with Crippen LogP contribution in [0.25, 0.3) is 0 Å². The van der Waals surface area contributed by atoms with Gasteiger partial charge in [-0.05, 0) is 12.1 Å². The molecule has 0 atom stereocenters. The Morgan fingerprint density at radius 2 is 1.85 bits per heavy atom. The number of amides is 3. The van der Waals surface area contributed by atoms with E-state index in [4.69, 9.17) is 0 Å². The molecule has 0 bridgehead atoms. The van der Waals surface area contributed by atoms with Gasteiger partial charge < -0.3 is 27.7 Å². The van der Waals surface area contributed by atoms with E-state index in [9.17, 15) is 14.7 Å². The molecule has 0 radical (unpaired) electrons. The fourth-order valence-electron chi connectivity index (χ4n) is 2.08. The molecule has 2 rings (SSSR count). The fourth-order valence-corrected chi connectivity index (χ4v) is 2.08. The minimum Gasteiger partial charge on any atom is -1.00 e. The average molecular weight is 378 g/mol. The van der Waals surface area contributed by atoms with Gasteiger partial charge in [0, 0.05) is 25.8 Å². The molecule has 26 heavy (non-hydrogen) atoms. The van der Waals surface area contributed by atoms with Crippen LogP contribution in [0.4, 0.5) is 10.5 Å². The van der Waals surface area contributed by atoms with Crippen molar-refractivity contribution >= 4 is 23.8 Å². The number of halogens is 1. The number of aromatic nitrogens is 1. The third kappa shape index (κ3) is 5.18. The van der Waals surface area contributed by atoms with Gasteiger partial charge in [-0.2, -0.15) is 9.67 Å². The largest absolute Gasteiger partial charge is 1.00 e. The first-order chi connectivity index (χ1) is 11.9. The number of anilines is 1. The van der Waals surface area contributed by atoms with E-state index in [2.05, 4.69) is 15.8 Å². The number of benzene rings is 1. The highest BCUT2D eigenvalue weighted by molar-refractivity contribution is 6.02. The molecular weight excluding hydrogens is 358 g/mol. The van der Waals surface area contributed by atoms with E-state index in [1.807, 2.05) is 6.07 Å². The lowest BCUT2D eigenvalue weighted by Gasteiger charge is -2.12. The molecule has 9 heteroatoms. The van der Waals surface area contributed by atoms with Crippen LogP contribution in [0.3, 0.4) is 0 Å². The van der Waals surface area contributed by atoms with E-state index < -0.39 is 6.03 Å². The quantitative estimate of drug-likeness (QED) is 0.329. The number of hydrogen-bond acceptors (Lipinski definition) is 4. The van der Waals surface area contributed by atoms with E-state index in [1.165, 1.54) is 17.2 Å². The molecule has 1 aromatic heterocycles. The molecule has 1 heterocycles. The lowest BCUT2D eigenvalue weighted by atomic mass is 10.1. The van der Waals surface area contributed by atoms with Crippen molar-refractivity contribution in [2.45, 2.75) is 0 Å². The second kappa shape index (κ2) is 9.38. The van der Waals surface area contributed by atoms with Crippen LogP contribution >= 0.6 is 0 Å². The highest BCUT2D eigenvalue weighted by Crippen LogP contribution is 2.18. The summed E-state index contributed by atoms with van der Waals surface area (Å²) in [5, 5.41) is 16.5. The number of nitrogens with one attached hydrogen (secondary N) is 2. The minimum atomic E-state index is -0.522. The SMILES string of the molecule is CN(C)C(=O)c1c(O)cc[n+](C)c1C=NNC(=O)Nc1ccccc1.[Cl-]. The van der Waals surface area contributed by atoms with Crippen LogP contribution < -0.4 is 27.7 Å². The third-order valence-corrected chi connectivity index (χ3v) is 3.35. The first-order valence-electron chi connectivity index (χ1n) is 7.48. The summed E-state index contributed by atoms with van der Waals surface area (Å²) in [4.78, 5) is 25.4. The molecule has 0 aliphatic carbocycles. The standard InChI is InChI=1S/C17H19N5O3.ClH/c1-21(2)16(24)15-13(22(3)10-9-14(15)23)11-18-20-17(25)19-12-7-5-4-6-8-12;/h4-11H,1-3H3,(H2,19,20,23,24,25);1H.